The summed E-state index contributed by atoms with van der Waals surface area (Å²) in [5, 5.41) is 12.5. The highest BCUT2D eigenvalue weighted by molar-refractivity contribution is 9.10. The lowest BCUT2D eigenvalue weighted by atomic mass is 10.2. The maximum atomic E-state index is 11.9. The minimum absolute atomic E-state index is 0.139. The predicted octanol–water partition coefficient (Wildman–Crippen LogP) is 2.51. The van der Waals surface area contributed by atoms with Gasteiger partial charge in [-0.25, -0.2) is 0 Å². The largest absolute Gasteiger partial charge is 0.472 e. The highest BCUT2D eigenvalue weighted by Crippen LogP contribution is 2.16. The summed E-state index contributed by atoms with van der Waals surface area (Å²) < 4.78 is 5.59. The van der Waals surface area contributed by atoms with Gasteiger partial charge in [-0.1, -0.05) is 12.1 Å². The van der Waals surface area contributed by atoms with E-state index in [1.54, 1.807) is 24.3 Å². The van der Waals surface area contributed by atoms with Crippen molar-refractivity contribution >= 4 is 21.8 Å². The van der Waals surface area contributed by atoms with Gasteiger partial charge in [-0.2, -0.15) is 0 Å². The molecule has 18 heavy (non-hydrogen) atoms. The van der Waals surface area contributed by atoms with Crippen LogP contribution in [0.15, 0.2) is 51.7 Å². The van der Waals surface area contributed by atoms with E-state index in [1.807, 2.05) is 6.07 Å². The van der Waals surface area contributed by atoms with E-state index in [1.165, 1.54) is 12.5 Å². The van der Waals surface area contributed by atoms with Crippen molar-refractivity contribution in [3.8, 4) is 0 Å². The lowest BCUT2D eigenvalue weighted by Gasteiger charge is -2.10. The number of hydrogen-bond donors (Lipinski definition) is 2. The fourth-order valence-electron chi connectivity index (χ4n) is 1.51. The molecule has 0 spiro atoms. The van der Waals surface area contributed by atoms with Gasteiger partial charge < -0.3 is 14.8 Å². The van der Waals surface area contributed by atoms with Crippen molar-refractivity contribution in [3.05, 3.63) is 58.5 Å². The van der Waals surface area contributed by atoms with Crippen LogP contribution in [0.4, 0.5) is 0 Å². The molecule has 0 unspecified atom stereocenters. The summed E-state index contributed by atoms with van der Waals surface area (Å²) in [6.45, 7) is 0.139. The SMILES string of the molecule is O=C(NC[C@H](O)c1ccoc1)c1ccccc1Br. The Balaban J connectivity index is 1.95. The molecule has 0 aliphatic rings. The average molecular weight is 310 g/mol. The van der Waals surface area contributed by atoms with Crippen molar-refractivity contribution in [2.75, 3.05) is 6.54 Å². The van der Waals surface area contributed by atoms with E-state index >= 15 is 0 Å². The zero-order valence-corrected chi connectivity index (χ0v) is 11.1. The Morgan fingerprint density at radius 1 is 1.39 bits per heavy atom. The molecule has 4 nitrogen and oxygen atoms in total. The Morgan fingerprint density at radius 3 is 2.83 bits per heavy atom. The molecule has 94 valence electrons. The molecule has 1 amide bonds. The van der Waals surface area contributed by atoms with Gasteiger partial charge in [-0.05, 0) is 34.1 Å². The third-order valence-corrected chi connectivity index (χ3v) is 3.19. The van der Waals surface area contributed by atoms with Crippen molar-refractivity contribution in [1.29, 1.82) is 0 Å². The number of aliphatic hydroxyl groups excluding tert-OH is 1. The second kappa shape index (κ2) is 5.84. The molecule has 2 rings (SSSR count). The first kappa shape index (κ1) is 12.9. The van der Waals surface area contributed by atoms with Gasteiger partial charge in [0.2, 0.25) is 0 Å². The summed E-state index contributed by atoms with van der Waals surface area (Å²) in [6, 6.07) is 8.79. The monoisotopic (exact) mass is 309 g/mol. The van der Waals surface area contributed by atoms with E-state index in [0.29, 0.717) is 11.1 Å². The van der Waals surface area contributed by atoms with Crippen molar-refractivity contribution in [2.24, 2.45) is 0 Å². The van der Waals surface area contributed by atoms with Crippen LogP contribution in [0.25, 0.3) is 0 Å². The zero-order valence-electron chi connectivity index (χ0n) is 9.47. The summed E-state index contributed by atoms with van der Waals surface area (Å²) >= 11 is 3.30. The molecule has 0 aliphatic heterocycles. The summed E-state index contributed by atoms with van der Waals surface area (Å²) in [4.78, 5) is 11.9. The summed E-state index contributed by atoms with van der Waals surface area (Å²) in [5.74, 6) is -0.231. The molecule has 1 heterocycles. The number of carbonyl (C=O) groups is 1. The standard InChI is InChI=1S/C13H12BrNO3/c14-11-4-2-1-3-10(11)13(17)15-7-12(16)9-5-6-18-8-9/h1-6,8,12,16H,7H2,(H,15,17)/t12-/m0/s1. The molecule has 1 atom stereocenters. The van der Waals surface area contributed by atoms with Crippen molar-refractivity contribution < 1.29 is 14.3 Å². The third-order valence-electron chi connectivity index (χ3n) is 2.50. The topological polar surface area (TPSA) is 62.5 Å². The minimum Gasteiger partial charge on any atom is -0.472 e. The quantitative estimate of drug-likeness (QED) is 0.912. The fourth-order valence-corrected chi connectivity index (χ4v) is 1.98. The molecular weight excluding hydrogens is 298 g/mol. The van der Waals surface area contributed by atoms with E-state index in [0.717, 1.165) is 4.47 Å². The first-order chi connectivity index (χ1) is 8.68. The van der Waals surface area contributed by atoms with Crippen LogP contribution in [-0.2, 0) is 0 Å². The first-order valence-corrected chi connectivity index (χ1v) is 6.20. The number of furan rings is 1. The predicted molar refractivity (Wildman–Crippen MR) is 70.1 cm³/mol. The molecule has 1 aromatic heterocycles. The lowest BCUT2D eigenvalue weighted by molar-refractivity contribution is 0.0915. The van der Waals surface area contributed by atoms with Gasteiger partial charge in [0.25, 0.3) is 5.91 Å². The maximum Gasteiger partial charge on any atom is 0.252 e. The Bertz CT molecular complexity index is 525. The number of benzene rings is 1. The zero-order chi connectivity index (χ0) is 13.0. The van der Waals surface area contributed by atoms with Gasteiger partial charge >= 0.3 is 0 Å². The Hall–Kier alpha value is -1.59. The molecule has 5 heteroatoms. The maximum absolute atomic E-state index is 11.9. The highest BCUT2D eigenvalue weighted by Gasteiger charge is 2.13. The van der Waals surface area contributed by atoms with Gasteiger partial charge in [0.1, 0.15) is 0 Å². The Labute approximate surface area is 113 Å². The number of amides is 1. The molecule has 0 radical (unpaired) electrons. The van der Waals surface area contributed by atoms with Crippen molar-refractivity contribution in [2.45, 2.75) is 6.10 Å². The molecule has 0 saturated carbocycles. The van der Waals surface area contributed by atoms with Crippen molar-refractivity contribution in [3.63, 3.8) is 0 Å². The number of hydrogen-bond acceptors (Lipinski definition) is 3. The second-order valence-corrected chi connectivity index (χ2v) is 4.62. The molecule has 1 aromatic carbocycles. The molecule has 0 fully saturated rings. The van der Waals surface area contributed by atoms with Crippen LogP contribution in [-0.4, -0.2) is 17.6 Å². The number of rotatable bonds is 4. The molecule has 2 N–H and O–H groups in total. The number of aliphatic hydroxyl groups is 1. The molecule has 0 saturated heterocycles. The first-order valence-electron chi connectivity index (χ1n) is 5.41. The van der Waals surface area contributed by atoms with E-state index in [4.69, 9.17) is 4.42 Å². The number of nitrogens with one attached hydrogen (secondary N) is 1. The number of halogens is 1. The van der Waals surface area contributed by atoms with Crippen LogP contribution in [0, 0.1) is 0 Å². The highest BCUT2D eigenvalue weighted by atomic mass is 79.9. The third kappa shape index (κ3) is 3.00. The summed E-state index contributed by atoms with van der Waals surface area (Å²) in [7, 11) is 0. The minimum atomic E-state index is -0.768. The number of carbonyl (C=O) groups excluding carboxylic acids is 1. The van der Waals surface area contributed by atoms with Crippen LogP contribution in [0.5, 0.6) is 0 Å². The normalized spacial score (nSPS) is 12.1. The van der Waals surface area contributed by atoms with Gasteiger partial charge in [-0.15, -0.1) is 0 Å². The Kier molecular flexibility index (Phi) is 4.17. The van der Waals surface area contributed by atoms with E-state index in [9.17, 15) is 9.90 Å². The molecule has 2 aromatic rings. The lowest BCUT2D eigenvalue weighted by Crippen LogP contribution is -2.28. The fraction of sp³-hybridized carbons (Fsp3) is 0.154. The smallest absolute Gasteiger partial charge is 0.252 e. The van der Waals surface area contributed by atoms with Crippen LogP contribution >= 0.6 is 15.9 Å². The van der Waals surface area contributed by atoms with Gasteiger partial charge in [0.15, 0.2) is 0 Å². The van der Waals surface area contributed by atoms with E-state index < -0.39 is 6.10 Å². The van der Waals surface area contributed by atoms with Gasteiger partial charge in [0.05, 0.1) is 24.2 Å². The van der Waals surface area contributed by atoms with Crippen LogP contribution in [0.1, 0.15) is 22.0 Å². The second-order valence-electron chi connectivity index (χ2n) is 3.76. The van der Waals surface area contributed by atoms with Gasteiger partial charge in [0, 0.05) is 16.6 Å². The molecular formula is C13H12BrNO3. The summed E-state index contributed by atoms with van der Waals surface area (Å²) in [6.07, 6.45) is 2.17. The van der Waals surface area contributed by atoms with Crippen LogP contribution in [0.3, 0.4) is 0 Å². The Morgan fingerprint density at radius 2 is 2.17 bits per heavy atom. The summed E-state index contributed by atoms with van der Waals surface area (Å²) in [5.41, 5.74) is 1.18. The molecule has 0 bridgehead atoms. The average Bonchev–Trinajstić information content (AvgIpc) is 2.90. The van der Waals surface area contributed by atoms with E-state index in [2.05, 4.69) is 21.2 Å². The van der Waals surface area contributed by atoms with Gasteiger partial charge in [-0.3, -0.25) is 4.79 Å². The van der Waals surface area contributed by atoms with Crippen LogP contribution in [0.2, 0.25) is 0 Å². The van der Waals surface area contributed by atoms with E-state index in [-0.39, 0.29) is 12.5 Å². The van der Waals surface area contributed by atoms with Crippen LogP contribution < -0.4 is 5.32 Å². The van der Waals surface area contributed by atoms with Crippen molar-refractivity contribution in [1.82, 2.24) is 5.32 Å². The molecule has 0 aliphatic carbocycles.